The molecule has 2 N–H and O–H groups in total. The lowest BCUT2D eigenvalue weighted by molar-refractivity contribution is 0.0740. The van der Waals surface area contributed by atoms with Crippen molar-refractivity contribution >= 4 is 5.91 Å². The molecule has 94 valence electrons. The largest absolute Gasteiger partial charge is 0.340 e. The van der Waals surface area contributed by atoms with E-state index in [9.17, 15) is 4.79 Å². The Morgan fingerprint density at radius 2 is 2.41 bits per heavy atom. The lowest BCUT2D eigenvalue weighted by atomic mass is 9.85. The monoisotopic (exact) mass is 236 g/mol. The van der Waals surface area contributed by atoms with Gasteiger partial charge >= 0.3 is 0 Å². The van der Waals surface area contributed by atoms with Gasteiger partial charge in [0, 0.05) is 32.9 Å². The average molecular weight is 236 g/mol. The van der Waals surface area contributed by atoms with Gasteiger partial charge in [-0.25, -0.2) is 4.98 Å². The fraction of sp³-hybridized carbons (Fsp3) is 0.667. The predicted molar refractivity (Wildman–Crippen MR) is 65.6 cm³/mol. The van der Waals surface area contributed by atoms with E-state index in [2.05, 4.69) is 4.98 Å². The van der Waals surface area contributed by atoms with E-state index in [1.807, 2.05) is 11.6 Å². The summed E-state index contributed by atoms with van der Waals surface area (Å²) in [6, 6.07) is 0. The number of nitrogens with zero attached hydrogens (tertiary/aromatic N) is 3. The highest BCUT2D eigenvalue weighted by Crippen LogP contribution is 2.26. The fourth-order valence-electron chi connectivity index (χ4n) is 2.08. The van der Waals surface area contributed by atoms with Crippen LogP contribution < -0.4 is 5.73 Å². The van der Waals surface area contributed by atoms with Gasteiger partial charge in [0.05, 0.1) is 6.33 Å². The van der Waals surface area contributed by atoms with Gasteiger partial charge in [0.25, 0.3) is 5.91 Å². The number of carbonyl (C=O) groups excluding carboxylic acids is 1. The normalized spacial score (nSPS) is 15.6. The van der Waals surface area contributed by atoms with E-state index >= 15 is 0 Å². The molecule has 2 rings (SSSR count). The van der Waals surface area contributed by atoms with Crippen molar-refractivity contribution in [2.24, 2.45) is 11.7 Å². The lowest BCUT2D eigenvalue weighted by Crippen LogP contribution is -2.34. The third-order valence-electron chi connectivity index (χ3n) is 3.34. The minimum absolute atomic E-state index is 0.00710. The summed E-state index contributed by atoms with van der Waals surface area (Å²) in [6.45, 7) is 2.11. The van der Waals surface area contributed by atoms with Crippen molar-refractivity contribution in [2.45, 2.75) is 25.8 Å². The molecule has 1 aromatic rings. The fourth-order valence-corrected chi connectivity index (χ4v) is 2.08. The Kier molecular flexibility index (Phi) is 3.78. The number of hydrogen-bond donors (Lipinski definition) is 1. The molecule has 1 aliphatic carbocycles. The Bertz CT molecular complexity index is 384. The molecule has 0 bridgehead atoms. The molecular formula is C12H20N4O. The summed E-state index contributed by atoms with van der Waals surface area (Å²) >= 11 is 0. The van der Waals surface area contributed by atoms with Gasteiger partial charge in [-0.15, -0.1) is 0 Å². The molecule has 0 spiro atoms. The first kappa shape index (κ1) is 12.1. The molecule has 0 saturated heterocycles. The van der Waals surface area contributed by atoms with Crippen LogP contribution in [0.15, 0.2) is 12.5 Å². The molecule has 1 amide bonds. The Hall–Kier alpha value is -1.36. The molecule has 1 aromatic heterocycles. The Labute approximate surface area is 102 Å². The van der Waals surface area contributed by atoms with Crippen molar-refractivity contribution in [3.05, 3.63) is 18.2 Å². The van der Waals surface area contributed by atoms with E-state index in [0.29, 0.717) is 24.7 Å². The average Bonchev–Trinajstić information content (AvgIpc) is 2.71. The van der Waals surface area contributed by atoms with Crippen molar-refractivity contribution in [1.29, 1.82) is 0 Å². The first-order valence-corrected chi connectivity index (χ1v) is 6.18. The lowest BCUT2D eigenvalue weighted by Gasteiger charge is -2.29. The summed E-state index contributed by atoms with van der Waals surface area (Å²) in [5.41, 5.74) is 5.97. The van der Waals surface area contributed by atoms with Gasteiger partial charge in [-0.2, -0.15) is 0 Å². The molecular weight excluding hydrogens is 216 g/mol. The van der Waals surface area contributed by atoms with E-state index in [4.69, 9.17) is 5.73 Å². The Balaban J connectivity index is 1.92. The second-order valence-corrected chi connectivity index (χ2v) is 4.77. The van der Waals surface area contributed by atoms with Crippen LogP contribution in [0.2, 0.25) is 0 Å². The molecule has 1 aliphatic rings. The Morgan fingerprint density at radius 1 is 1.65 bits per heavy atom. The van der Waals surface area contributed by atoms with Crippen molar-refractivity contribution < 1.29 is 4.79 Å². The molecule has 0 aromatic carbocycles. The van der Waals surface area contributed by atoms with Crippen molar-refractivity contribution in [3.63, 3.8) is 0 Å². The third kappa shape index (κ3) is 2.85. The van der Waals surface area contributed by atoms with Crippen LogP contribution in [0.4, 0.5) is 0 Å². The molecule has 5 heteroatoms. The van der Waals surface area contributed by atoms with Gasteiger partial charge < -0.3 is 15.2 Å². The topological polar surface area (TPSA) is 64.2 Å². The van der Waals surface area contributed by atoms with Crippen LogP contribution >= 0.6 is 0 Å². The van der Waals surface area contributed by atoms with Gasteiger partial charge in [0.1, 0.15) is 5.69 Å². The minimum atomic E-state index is 0.00710. The van der Waals surface area contributed by atoms with E-state index in [1.165, 1.54) is 19.3 Å². The van der Waals surface area contributed by atoms with E-state index in [-0.39, 0.29) is 5.91 Å². The maximum atomic E-state index is 12.1. The summed E-state index contributed by atoms with van der Waals surface area (Å²) in [6.07, 6.45) is 7.24. The van der Waals surface area contributed by atoms with Gasteiger partial charge in [0.2, 0.25) is 0 Å². The maximum Gasteiger partial charge on any atom is 0.273 e. The molecule has 1 heterocycles. The highest BCUT2D eigenvalue weighted by atomic mass is 16.2. The summed E-state index contributed by atoms with van der Waals surface area (Å²) in [4.78, 5) is 18.0. The van der Waals surface area contributed by atoms with Crippen LogP contribution in [0.25, 0.3) is 0 Å². The quantitative estimate of drug-likeness (QED) is 0.819. The van der Waals surface area contributed by atoms with Gasteiger partial charge in [-0.3, -0.25) is 4.79 Å². The number of aromatic nitrogens is 2. The predicted octanol–water partition coefficient (Wildman–Crippen LogP) is 0.714. The number of imidazole rings is 1. The standard InChI is InChI=1S/C12H20N4O/c1-15(7-10-3-2-4-10)12(17)11-8-16(6-5-13)9-14-11/h8-10H,2-7,13H2,1H3. The molecule has 0 radical (unpaired) electrons. The van der Waals surface area contributed by atoms with E-state index < -0.39 is 0 Å². The number of hydrogen-bond acceptors (Lipinski definition) is 3. The zero-order chi connectivity index (χ0) is 12.3. The van der Waals surface area contributed by atoms with Crippen LogP contribution in [-0.4, -0.2) is 40.5 Å². The van der Waals surface area contributed by atoms with Crippen LogP contribution in [0, 0.1) is 5.92 Å². The summed E-state index contributed by atoms with van der Waals surface area (Å²) in [5, 5.41) is 0. The van der Waals surface area contributed by atoms with Crippen LogP contribution in [0.5, 0.6) is 0 Å². The van der Waals surface area contributed by atoms with Crippen molar-refractivity contribution in [1.82, 2.24) is 14.5 Å². The van der Waals surface area contributed by atoms with Gasteiger partial charge in [0.15, 0.2) is 0 Å². The molecule has 0 aliphatic heterocycles. The molecule has 1 fully saturated rings. The highest BCUT2D eigenvalue weighted by Gasteiger charge is 2.22. The van der Waals surface area contributed by atoms with Crippen LogP contribution in [-0.2, 0) is 6.54 Å². The maximum absolute atomic E-state index is 12.1. The molecule has 1 saturated carbocycles. The second kappa shape index (κ2) is 5.31. The van der Waals surface area contributed by atoms with Crippen LogP contribution in [0.3, 0.4) is 0 Å². The van der Waals surface area contributed by atoms with E-state index in [1.54, 1.807) is 17.4 Å². The summed E-state index contributed by atoms with van der Waals surface area (Å²) < 4.78 is 1.85. The second-order valence-electron chi connectivity index (χ2n) is 4.77. The zero-order valence-corrected chi connectivity index (χ0v) is 10.3. The number of amides is 1. The molecule has 17 heavy (non-hydrogen) atoms. The number of rotatable bonds is 5. The third-order valence-corrected chi connectivity index (χ3v) is 3.34. The number of carbonyl (C=O) groups is 1. The van der Waals surface area contributed by atoms with Crippen molar-refractivity contribution in [2.75, 3.05) is 20.1 Å². The molecule has 5 nitrogen and oxygen atoms in total. The van der Waals surface area contributed by atoms with Crippen LogP contribution in [0.1, 0.15) is 29.8 Å². The highest BCUT2D eigenvalue weighted by molar-refractivity contribution is 5.91. The van der Waals surface area contributed by atoms with E-state index in [0.717, 1.165) is 6.54 Å². The number of nitrogens with two attached hydrogens (primary N) is 1. The van der Waals surface area contributed by atoms with Gasteiger partial charge in [-0.05, 0) is 18.8 Å². The first-order chi connectivity index (χ1) is 8.20. The SMILES string of the molecule is CN(CC1CCC1)C(=O)c1cn(CCN)cn1. The smallest absolute Gasteiger partial charge is 0.273 e. The Morgan fingerprint density at radius 3 is 3.00 bits per heavy atom. The summed E-state index contributed by atoms with van der Waals surface area (Å²) in [7, 11) is 1.85. The van der Waals surface area contributed by atoms with Gasteiger partial charge in [-0.1, -0.05) is 6.42 Å². The molecule has 0 unspecified atom stereocenters. The zero-order valence-electron chi connectivity index (χ0n) is 10.3. The first-order valence-electron chi connectivity index (χ1n) is 6.18. The summed E-state index contributed by atoms with van der Waals surface area (Å²) in [5.74, 6) is 0.697. The molecule has 0 atom stereocenters. The van der Waals surface area contributed by atoms with Crippen molar-refractivity contribution in [3.8, 4) is 0 Å². The minimum Gasteiger partial charge on any atom is -0.340 e.